The Bertz CT molecular complexity index is 1800. The third-order valence-corrected chi connectivity index (χ3v) is 12.5. The maximum Gasteiger partial charge on any atom is 0.163 e. The molecular weight excluding hydrogens is 636 g/mol. The molecule has 0 saturated carbocycles. The Labute approximate surface area is 291 Å². The molecule has 2 aromatic heterocycles. The molecule has 4 fully saturated rings. The van der Waals surface area contributed by atoms with Gasteiger partial charge in [-0.25, -0.2) is 0 Å². The normalized spacial score (nSPS) is 29.1. The third-order valence-electron chi connectivity index (χ3n) is 12.5. The number of hydrogen-bond donors (Lipinski definition) is 2. The van der Waals surface area contributed by atoms with Crippen molar-refractivity contribution in [1.29, 1.82) is 0 Å². The molecule has 8 aliphatic rings. The minimum absolute atomic E-state index is 0.437. The number of rotatable bonds is 0. The van der Waals surface area contributed by atoms with Gasteiger partial charge in [0.15, 0.2) is 23.0 Å². The molecular formula is C38H46N6O6. The van der Waals surface area contributed by atoms with Gasteiger partial charge in [-0.3, -0.25) is 19.6 Å². The molecule has 0 bridgehead atoms. The van der Waals surface area contributed by atoms with Crippen molar-refractivity contribution < 1.29 is 28.4 Å². The van der Waals surface area contributed by atoms with E-state index in [0.717, 1.165) is 102 Å². The molecule has 0 spiro atoms. The highest BCUT2D eigenvalue weighted by Crippen LogP contribution is 2.45. The number of nitrogens with zero attached hydrogens (tertiary/aromatic N) is 4. The van der Waals surface area contributed by atoms with Crippen LogP contribution < -0.4 is 18.9 Å². The summed E-state index contributed by atoms with van der Waals surface area (Å²) in [6, 6.07) is 9.52. The highest BCUT2D eigenvalue weighted by atomic mass is 16.6. The average molecular weight is 683 g/mol. The molecule has 0 aliphatic carbocycles. The lowest BCUT2D eigenvalue weighted by Gasteiger charge is -2.51. The fourth-order valence-corrected chi connectivity index (χ4v) is 10.1. The van der Waals surface area contributed by atoms with Crippen molar-refractivity contribution in [3.8, 4) is 23.0 Å². The van der Waals surface area contributed by atoms with Gasteiger partial charge in [0, 0.05) is 84.6 Å². The molecule has 4 aromatic rings. The van der Waals surface area contributed by atoms with Gasteiger partial charge in [0.05, 0.1) is 50.8 Å². The Balaban J connectivity index is 0.000000120. The van der Waals surface area contributed by atoms with E-state index in [1.165, 1.54) is 57.2 Å². The Morgan fingerprint density at radius 1 is 0.500 bits per heavy atom. The lowest BCUT2D eigenvalue weighted by Crippen LogP contribution is -2.61. The molecule has 2 N–H and O–H groups in total. The zero-order valence-corrected chi connectivity index (χ0v) is 28.6. The van der Waals surface area contributed by atoms with Crippen molar-refractivity contribution in [2.45, 2.75) is 50.1 Å². The van der Waals surface area contributed by atoms with Gasteiger partial charge < -0.3 is 38.4 Å². The smallest absolute Gasteiger partial charge is 0.163 e. The summed E-state index contributed by atoms with van der Waals surface area (Å²) in [4.78, 5) is 17.9. The zero-order valence-electron chi connectivity index (χ0n) is 28.6. The molecule has 4 saturated heterocycles. The summed E-state index contributed by atoms with van der Waals surface area (Å²) >= 11 is 0. The van der Waals surface area contributed by atoms with Crippen LogP contribution in [0.1, 0.15) is 47.4 Å². The Morgan fingerprint density at radius 3 is 1.40 bits per heavy atom. The Hall–Kier alpha value is -3.52. The molecule has 0 unspecified atom stereocenters. The van der Waals surface area contributed by atoms with E-state index in [4.69, 9.17) is 28.4 Å². The quantitative estimate of drug-likeness (QED) is 0.285. The topological polar surface area (TPSA) is 99.9 Å². The molecule has 0 amide bonds. The van der Waals surface area contributed by atoms with Gasteiger partial charge in [0.1, 0.15) is 26.4 Å². The van der Waals surface area contributed by atoms with Gasteiger partial charge >= 0.3 is 0 Å². The predicted octanol–water partition coefficient (Wildman–Crippen LogP) is 3.80. The van der Waals surface area contributed by atoms with E-state index in [1.807, 2.05) is 0 Å². The van der Waals surface area contributed by atoms with E-state index in [-0.39, 0.29) is 0 Å². The van der Waals surface area contributed by atoms with Gasteiger partial charge in [-0.1, -0.05) is 0 Å². The molecule has 10 heterocycles. The molecule has 264 valence electrons. The first kappa shape index (κ1) is 30.1. The van der Waals surface area contributed by atoms with Crippen LogP contribution in [-0.4, -0.2) is 134 Å². The van der Waals surface area contributed by atoms with Crippen LogP contribution in [0, 0.1) is 0 Å². The van der Waals surface area contributed by atoms with Gasteiger partial charge in [0.25, 0.3) is 0 Å². The average Bonchev–Trinajstić information content (AvgIpc) is 3.73. The number of ether oxygens (including phenoxy) is 6. The van der Waals surface area contributed by atoms with E-state index < -0.39 is 0 Å². The van der Waals surface area contributed by atoms with Crippen molar-refractivity contribution >= 4 is 21.8 Å². The van der Waals surface area contributed by atoms with Crippen molar-refractivity contribution in [2.24, 2.45) is 0 Å². The van der Waals surface area contributed by atoms with E-state index in [2.05, 4.69) is 53.8 Å². The van der Waals surface area contributed by atoms with Crippen molar-refractivity contribution in [2.75, 3.05) is 92.1 Å². The van der Waals surface area contributed by atoms with Gasteiger partial charge in [-0.15, -0.1) is 0 Å². The van der Waals surface area contributed by atoms with Crippen molar-refractivity contribution in [3.63, 3.8) is 0 Å². The maximum absolute atomic E-state index is 5.80. The number of aromatic nitrogens is 2. The number of hydrogen-bond acceptors (Lipinski definition) is 10. The molecule has 8 aliphatic heterocycles. The summed E-state index contributed by atoms with van der Waals surface area (Å²) in [5, 5.41) is 2.61. The summed E-state index contributed by atoms with van der Waals surface area (Å²) in [6.45, 7) is 12.6. The van der Waals surface area contributed by atoms with Crippen LogP contribution in [0.3, 0.4) is 0 Å². The zero-order chi connectivity index (χ0) is 32.8. The summed E-state index contributed by atoms with van der Waals surface area (Å²) in [5.41, 5.74) is 8.09. The predicted molar refractivity (Wildman–Crippen MR) is 186 cm³/mol. The molecule has 12 heteroatoms. The van der Waals surface area contributed by atoms with E-state index in [0.29, 0.717) is 50.8 Å². The maximum atomic E-state index is 5.80. The molecule has 12 rings (SSSR count). The van der Waals surface area contributed by atoms with Crippen molar-refractivity contribution in [1.82, 2.24) is 29.6 Å². The van der Waals surface area contributed by atoms with Gasteiger partial charge in [-0.2, -0.15) is 0 Å². The van der Waals surface area contributed by atoms with E-state index in [1.54, 1.807) is 0 Å². The number of morpholine rings is 2. The molecule has 0 radical (unpaired) electrons. The number of benzene rings is 2. The standard InChI is InChI=1S/2C19H23N3O3/c2*1-4-22-15(2-3-21-5-6-23-11-18(21)22)19-12(1)13-9-16-17(10-14(13)20-19)25-8-7-24-16/h2*9-10,15,18,20H,1-8,11H2/t2*15-,18-/m10/s1. The number of aromatic amines is 2. The largest absolute Gasteiger partial charge is 0.486 e. The van der Waals surface area contributed by atoms with Crippen LogP contribution in [0.2, 0.25) is 0 Å². The first-order valence-corrected chi connectivity index (χ1v) is 18.8. The van der Waals surface area contributed by atoms with Gasteiger partial charge in [0.2, 0.25) is 0 Å². The summed E-state index contributed by atoms with van der Waals surface area (Å²) in [6.07, 6.45) is 5.40. The van der Waals surface area contributed by atoms with E-state index in [9.17, 15) is 0 Å². The van der Waals surface area contributed by atoms with Crippen LogP contribution >= 0.6 is 0 Å². The number of fused-ring (bicyclic) bond motifs is 16. The second kappa shape index (κ2) is 12.0. The SMILES string of the molecule is c1c2c(cc3c4c([nH]c13)[C@@H]1CCN3CCOC[C@@H]3N1CC4)OCCO2.c1c2c(cc3c4c([nH]c13)[C@H]1CCN3CCOC[C@H]3N1CC4)OCCO2. The molecule has 12 nitrogen and oxygen atoms in total. The Morgan fingerprint density at radius 2 is 0.940 bits per heavy atom. The summed E-state index contributed by atoms with van der Waals surface area (Å²) in [5.74, 6) is 3.51. The number of nitrogens with one attached hydrogen (secondary N) is 2. The summed E-state index contributed by atoms with van der Waals surface area (Å²) < 4.78 is 34.7. The second-order valence-electron chi connectivity index (χ2n) is 14.9. The minimum Gasteiger partial charge on any atom is -0.486 e. The molecule has 4 atom stereocenters. The van der Waals surface area contributed by atoms with Gasteiger partial charge in [-0.05, 0) is 48.9 Å². The highest BCUT2D eigenvalue weighted by Gasteiger charge is 2.43. The first-order chi connectivity index (χ1) is 24.8. The monoisotopic (exact) mass is 682 g/mol. The molecule has 2 aromatic carbocycles. The minimum atomic E-state index is 0.437. The Kier molecular flexibility index (Phi) is 7.25. The highest BCUT2D eigenvalue weighted by molar-refractivity contribution is 5.89. The molecule has 50 heavy (non-hydrogen) atoms. The second-order valence-corrected chi connectivity index (χ2v) is 14.9. The first-order valence-electron chi connectivity index (χ1n) is 18.8. The lowest BCUT2D eigenvalue weighted by atomic mass is 9.92. The van der Waals surface area contributed by atoms with Crippen molar-refractivity contribution in [3.05, 3.63) is 46.8 Å². The fourth-order valence-electron chi connectivity index (χ4n) is 10.1. The number of H-pyrrole nitrogens is 2. The summed E-state index contributed by atoms with van der Waals surface area (Å²) in [7, 11) is 0. The third kappa shape index (κ3) is 4.79. The van der Waals surface area contributed by atoms with Crippen LogP contribution in [0.4, 0.5) is 0 Å². The van der Waals surface area contributed by atoms with E-state index >= 15 is 0 Å². The van der Waals surface area contributed by atoms with Crippen LogP contribution in [0.5, 0.6) is 23.0 Å². The fraction of sp³-hybridized carbons (Fsp3) is 0.579. The van der Waals surface area contributed by atoms with Crippen LogP contribution in [0.15, 0.2) is 24.3 Å². The lowest BCUT2D eigenvalue weighted by molar-refractivity contribution is -0.120. The van der Waals surface area contributed by atoms with Crippen LogP contribution in [0.25, 0.3) is 21.8 Å². The van der Waals surface area contributed by atoms with Crippen LogP contribution in [-0.2, 0) is 22.3 Å².